The van der Waals surface area contributed by atoms with Crippen molar-refractivity contribution in [1.82, 2.24) is 4.98 Å². The summed E-state index contributed by atoms with van der Waals surface area (Å²) in [6, 6.07) is 20.8. The maximum atomic E-state index is 4.58. The molecule has 3 rings (SSSR count). The minimum absolute atomic E-state index is 0.815. The zero-order chi connectivity index (χ0) is 15.9. The number of aryl methyl sites for hydroxylation is 1. The SMILES string of the molecule is CCCCCc1ccc(C#Cc2ccc3ccccc3n2)cc1. The van der Waals surface area contributed by atoms with Gasteiger partial charge in [0.1, 0.15) is 5.69 Å². The van der Waals surface area contributed by atoms with Gasteiger partial charge in [-0.15, -0.1) is 0 Å². The molecule has 0 aliphatic heterocycles. The van der Waals surface area contributed by atoms with Gasteiger partial charge in [-0.05, 0) is 48.6 Å². The van der Waals surface area contributed by atoms with Crippen LogP contribution in [-0.2, 0) is 6.42 Å². The summed E-state index contributed by atoms with van der Waals surface area (Å²) in [5.41, 5.74) is 4.24. The molecule has 0 aliphatic carbocycles. The van der Waals surface area contributed by atoms with Crippen LogP contribution in [-0.4, -0.2) is 4.98 Å². The van der Waals surface area contributed by atoms with Crippen LogP contribution in [0.1, 0.15) is 43.0 Å². The zero-order valence-electron chi connectivity index (χ0n) is 13.5. The lowest BCUT2D eigenvalue weighted by atomic mass is 10.1. The molecule has 1 aromatic heterocycles. The molecular weight excluding hydrogens is 278 g/mol. The second-order valence-electron chi connectivity index (χ2n) is 5.79. The highest BCUT2D eigenvalue weighted by Crippen LogP contribution is 2.12. The molecule has 0 N–H and O–H groups in total. The summed E-state index contributed by atoms with van der Waals surface area (Å²) in [5.74, 6) is 6.37. The molecule has 0 unspecified atom stereocenters. The minimum atomic E-state index is 0.815. The van der Waals surface area contributed by atoms with Gasteiger partial charge >= 0.3 is 0 Å². The molecule has 23 heavy (non-hydrogen) atoms. The predicted octanol–water partition coefficient (Wildman–Crippen LogP) is 5.37. The van der Waals surface area contributed by atoms with E-state index in [9.17, 15) is 0 Å². The van der Waals surface area contributed by atoms with E-state index in [1.807, 2.05) is 24.3 Å². The van der Waals surface area contributed by atoms with Crippen LogP contribution in [0.3, 0.4) is 0 Å². The molecule has 0 bridgehead atoms. The number of hydrogen-bond acceptors (Lipinski definition) is 1. The molecular formula is C22H21N. The van der Waals surface area contributed by atoms with Crippen molar-refractivity contribution < 1.29 is 0 Å². The van der Waals surface area contributed by atoms with Crippen LogP contribution >= 0.6 is 0 Å². The quantitative estimate of drug-likeness (QED) is 0.466. The van der Waals surface area contributed by atoms with E-state index in [1.165, 1.54) is 24.8 Å². The Balaban J connectivity index is 1.72. The predicted molar refractivity (Wildman–Crippen MR) is 97.4 cm³/mol. The number of aromatic nitrogens is 1. The molecule has 0 saturated heterocycles. The summed E-state index contributed by atoms with van der Waals surface area (Å²) < 4.78 is 0. The Bertz CT molecular complexity index is 835. The number of benzene rings is 2. The smallest absolute Gasteiger partial charge is 0.114 e. The van der Waals surface area contributed by atoms with E-state index >= 15 is 0 Å². The molecule has 1 heterocycles. The number of pyridine rings is 1. The topological polar surface area (TPSA) is 12.9 Å². The molecule has 3 aromatic rings. The monoisotopic (exact) mass is 299 g/mol. The van der Waals surface area contributed by atoms with E-state index in [2.05, 4.69) is 60.1 Å². The average Bonchev–Trinajstić information content (AvgIpc) is 2.61. The third-order valence-electron chi connectivity index (χ3n) is 3.96. The Hall–Kier alpha value is -2.59. The van der Waals surface area contributed by atoms with Gasteiger partial charge in [0.2, 0.25) is 0 Å². The summed E-state index contributed by atoms with van der Waals surface area (Å²) in [7, 11) is 0. The van der Waals surface area contributed by atoms with E-state index in [1.54, 1.807) is 0 Å². The van der Waals surface area contributed by atoms with Gasteiger partial charge < -0.3 is 0 Å². The summed E-state index contributed by atoms with van der Waals surface area (Å²) in [6.07, 6.45) is 4.99. The maximum Gasteiger partial charge on any atom is 0.114 e. The lowest BCUT2D eigenvalue weighted by Gasteiger charge is -2.00. The Morgan fingerprint density at radius 3 is 2.48 bits per heavy atom. The molecule has 0 radical (unpaired) electrons. The van der Waals surface area contributed by atoms with E-state index in [4.69, 9.17) is 0 Å². The first-order valence-electron chi connectivity index (χ1n) is 8.32. The maximum absolute atomic E-state index is 4.58. The third kappa shape index (κ3) is 4.20. The Labute approximate surface area is 138 Å². The van der Waals surface area contributed by atoms with E-state index in [0.717, 1.165) is 28.6 Å². The van der Waals surface area contributed by atoms with Gasteiger partial charge in [-0.25, -0.2) is 4.98 Å². The van der Waals surface area contributed by atoms with Crippen LogP contribution in [0, 0.1) is 11.8 Å². The molecule has 1 nitrogen and oxygen atoms in total. The number of nitrogens with zero attached hydrogens (tertiary/aromatic N) is 1. The molecule has 0 spiro atoms. The van der Waals surface area contributed by atoms with Crippen molar-refractivity contribution >= 4 is 10.9 Å². The van der Waals surface area contributed by atoms with Gasteiger partial charge in [-0.2, -0.15) is 0 Å². The van der Waals surface area contributed by atoms with Crippen LogP contribution in [0.4, 0.5) is 0 Å². The second kappa shape index (κ2) is 7.61. The first kappa shape index (κ1) is 15.3. The fraction of sp³-hybridized carbons (Fsp3) is 0.227. The summed E-state index contributed by atoms with van der Waals surface area (Å²) in [4.78, 5) is 4.58. The Morgan fingerprint density at radius 1 is 0.826 bits per heavy atom. The van der Waals surface area contributed by atoms with Crippen molar-refractivity contribution in [2.75, 3.05) is 0 Å². The highest BCUT2D eigenvalue weighted by molar-refractivity contribution is 5.78. The number of hydrogen-bond donors (Lipinski definition) is 0. The van der Waals surface area contributed by atoms with E-state index < -0.39 is 0 Å². The van der Waals surface area contributed by atoms with Crippen LogP contribution in [0.15, 0.2) is 60.7 Å². The lowest BCUT2D eigenvalue weighted by molar-refractivity contribution is 0.717. The molecule has 0 fully saturated rings. The van der Waals surface area contributed by atoms with Crippen molar-refractivity contribution in [2.24, 2.45) is 0 Å². The van der Waals surface area contributed by atoms with E-state index in [0.29, 0.717) is 0 Å². The van der Waals surface area contributed by atoms with Crippen molar-refractivity contribution in [3.63, 3.8) is 0 Å². The highest BCUT2D eigenvalue weighted by atomic mass is 14.7. The van der Waals surface area contributed by atoms with Gasteiger partial charge in [0, 0.05) is 10.9 Å². The van der Waals surface area contributed by atoms with Crippen LogP contribution in [0.2, 0.25) is 0 Å². The van der Waals surface area contributed by atoms with Crippen molar-refractivity contribution in [2.45, 2.75) is 32.6 Å². The molecule has 0 atom stereocenters. The van der Waals surface area contributed by atoms with Gasteiger partial charge in [0.15, 0.2) is 0 Å². The minimum Gasteiger partial charge on any atom is -0.239 e. The summed E-state index contributed by atoms with van der Waals surface area (Å²) in [5, 5.41) is 1.15. The second-order valence-corrected chi connectivity index (χ2v) is 5.79. The highest BCUT2D eigenvalue weighted by Gasteiger charge is 1.96. The lowest BCUT2D eigenvalue weighted by Crippen LogP contribution is -1.86. The molecule has 0 aliphatic rings. The first-order chi connectivity index (χ1) is 11.3. The van der Waals surface area contributed by atoms with Crippen LogP contribution in [0.25, 0.3) is 10.9 Å². The summed E-state index contributed by atoms with van der Waals surface area (Å²) >= 11 is 0. The normalized spacial score (nSPS) is 10.3. The van der Waals surface area contributed by atoms with Gasteiger partial charge in [0.25, 0.3) is 0 Å². The summed E-state index contributed by atoms with van der Waals surface area (Å²) in [6.45, 7) is 2.24. The van der Waals surface area contributed by atoms with Gasteiger partial charge in [0.05, 0.1) is 5.52 Å². The third-order valence-corrected chi connectivity index (χ3v) is 3.96. The standard InChI is InChI=1S/C22H21N/c1-2-3-4-7-18-10-12-19(13-11-18)14-16-21-17-15-20-8-5-6-9-22(20)23-21/h5-6,8-13,15,17H,2-4,7H2,1H3. The first-order valence-corrected chi connectivity index (χ1v) is 8.32. The van der Waals surface area contributed by atoms with Crippen LogP contribution in [0.5, 0.6) is 0 Å². The molecule has 2 aromatic carbocycles. The van der Waals surface area contributed by atoms with Crippen LogP contribution < -0.4 is 0 Å². The van der Waals surface area contributed by atoms with Crippen molar-refractivity contribution in [1.29, 1.82) is 0 Å². The number of rotatable bonds is 4. The average molecular weight is 299 g/mol. The fourth-order valence-electron chi connectivity index (χ4n) is 2.61. The zero-order valence-corrected chi connectivity index (χ0v) is 13.5. The molecule has 1 heteroatoms. The Morgan fingerprint density at radius 2 is 1.65 bits per heavy atom. The largest absolute Gasteiger partial charge is 0.239 e. The van der Waals surface area contributed by atoms with E-state index in [-0.39, 0.29) is 0 Å². The number of para-hydroxylation sites is 1. The Kier molecular flexibility index (Phi) is 5.06. The number of fused-ring (bicyclic) bond motifs is 1. The molecule has 0 amide bonds. The molecule has 0 saturated carbocycles. The number of unbranched alkanes of at least 4 members (excludes halogenated alkanes) is 2. The fourth-order valence-corrected chi connectivity index (χ4v) is 2.61. The van der Waals surface area contributed by atoms with Gasteiger partial charge in [-0.1, -0.05) is 62.1 Å². The van der Waals surface area contributed by atoms with Crippen molar-refractivity contribution in [3.8, 4) is 11.8 Å². The van der Waals surface area contributed by atoms with Gasteiger partial charge in [-0.3, -0.25) is 0 Å². The molecule has 114 valence electrons. The van der Waals surface area contributed by atoms with Crippen molar-refractivity contribution in [3.05, 3.63) is 77.5 Å².